The van der Waals surface area contributed by atoms with E-state index < -0.39 is 6.61 Å². The van der Waals surface area contributed by atoms with Gasteiger partial charge in [0, 0.05) is 12.6 Å². The van der Waals surface area contributed by atoms with Crippen molar-refractivity contribution in [3.8, 4) is 17.0 Å². The second kappa shape index (κ2) is 5.48. The van der Waals surface area contributed by atoms with E-state index in [1.807, 2.05) is 0 Å². The SMILES string of the molecule is Cn1nc(Br)cc1-c1ccc(C=O)c(OC(F)F)c1. The molecule has 0 unspecified atom stereocenters. The molecule has 100 valence electrons. The molecule has 7 heteroatoms. The standard InChI is InChI=1S/C12H9BrF2N2O2/c1-17-9(5-11(13)16-17)7-2-3-8(6-18)10(4-7)19-12(14)15/h2-6,12H,1H3. The van der Waals surface area contributed by atoms with Crippen LogP contribution in [0.3, 0.4) is 0 Å². The third kappa shape index (κ3) is 2.98. The van der Waals surface area contributed by atoms with Gasteiger partial charge in [0.25, 0.3) is 0 Å². The van der Waals surface area contributed by atoms with Crippen LogP contribution in [0.2, 0.25) is 0 Å². The van der Waals surface area contributed by atoms with Gasteiger partial charge in [0.1, 0.15) is 10.4 Å². The molecular weight excluding hydrogens is 322 g/mol. The maximum Gasteiger partial charge on any atom is 0.387 e. The summed E-state index contributed by atoms with van der Waals surface area (Å²) in [5.41, 5.74) is 1.41. The van der Waals surface area contributed by atoms with Crippen molar-refractivity contribution in [3.63, 3.8) is 0 Å². The lowest BCUT2D eigenvalue weighted by molar-refractivity contribution is -0.0500. The Balaban J connectivity index is 2.48. The van der Waals surface area contributed by atoms with Gasteiger partial charge in [0.2, 0.25) is 0 Å². The van der Waals surface area contributed by atoms with E-state index in [0.717, 1.165) is 0 Å². The Morgan fingerprint density at radius 1 is 1.42 bits per heavy atom. The Kier molecular flexibility index (Phi) is 3.94. The molecule has 0 N–H and O–H groups in total. The maximum absolute atomic E-state index is 12.3. The number of aryl methyl sites for hydroxylation is 1. The monoisotopic (exact) mass is 330 g/mol. The predicted molar refractivity (Wildman–Crippen MR) is 68.4 cm³/mol. The fourth-order valence-corrected chi connectivity index (χ4v) is 2.15. The third-order valence-corrected chi connectivity index (χ3v) is 2.89. The van der Waals surface area contributed by atoms with Gasteiger partial charge in [-0.1, -0.05) is 6.07 Å². The number of carbonyl (C=O) groups excluding carboxylic acids is 1. The van der Waals surface area contributed by atoms with Gasteiger partial charge in [-0.3, -0.25) is 9.48 Å². The predicted octanol–water partition coefficient (Wildman–Crippen LogP) is 3.26. The highest BCUT2D eigenvalue weighted by Gasteiger charge is 2.13. The number of hydrogen-bond donors (Lipinski definition) is 0. The van der Waals surface area contributed by atoms with Crippen LogP contribution in [-0.4, -0.2) is 22.7 Å². The molecule has 2 aromatic rings. The molecular formula is C12H9BrF2N2O2. The van der Waals surface area contributed by atoms with Gasteiger partial charge in [0.15, 0.2) is 6.29 Å². The zero-order valence-corrected chi connectivity index (χ0v) is 11.4. The molecule has 0 amide bonds. The van der Waals surface area contributed by atoms with Gasteiger partial charge in [-0.15, -0.1) is 0 Å². The average molecular weight is 331 g/mol. The highest BCUT2D eigenvalue weighted by Crippen LogP contribution is 2.28. The molecule has 0 fully saturated rings. The van der Waals surface area contributed by atoms with Crippen LogP contribution in [0.5, 0.6) is 5.75 Å². The van der Waals surface area contributed by atoms with E-state index >= 15 is 0 Å². The van der Waals surface area contributed by atoms with Crippen LogP contribution in [0.15, 0.2) is 28.9 Å². The topological polar surface area (TPSA) is 44.1 Å². The van der Waals surface area contributed by atoms with E-state index in [9.17, 15) is 13.6 Å². The second-order valence-corrected chi connectivity index (χ2v) is 4.54. The summed E-state index contributed by atoms with van der Waals surface area (Å²) in [4.78, 5) is 10.8. The zero-order valence-electron chi connectivity index (χ0n) is 9.81. The van der Waals surface area contributed by atoms with Crippen molar-refractivity contribution in [2.75, 3.05) is 0 Å². The molecule has 1 aromatic heterocycles. The van der Waals surface area contributed by atoms with Gasteiger partial charge in [0.05, 0.1) is 11.3 Å². The summed E-state index contributed by atoms with van der Waals surface area (Å²) >= 11 is 3.23. The number of aromatic nitrogens is 2. The molecule has 0 aliphatic rings. The van der Waals surface area contributed by atoms with Crippen molar-refractivity contribution < 1.29 is 18.3 Å². The minimum Gasteiger partial charge on any atom is -0.434 e. The van der Waals surface area contributed by atoms with Crippen molar-refractivity contribution in [2.24, 2.45) is 7.05 Å². The van der Waals surface area contributed by atoms with Crippen LogP contribution in [0, 0.1) is 0 Å². The Bertz CT molecular complexity index is 614. The quantitative estimate of drug-likeness (QED) is 0.808. The zero-order chi connectivity index (χ0) is 14.0. The van der Waals surface area contributed by atoms with Crippen molar-refractivity contribution in [1.29, 1.82) is 0 Å². The largest absolute Gasteiger partial charge is 0.434 e. The first-order valence-corrected chi connectivity index (χ1v) is 6.04. The Hall–Kier alpha value is -1.76. The van der Waals surface area contributed by atoms with Gasteiger partial charge in [-0.05, 0) is 34.1 Å². The van der Waals surface area contributed by atoms with E-state index in [4.69, 9.17) is 0 Å². The summed E-state index contributed by atoms with van der Waals surface area (Å²) < 4.78 is 31.1. The molecule has 0 saturated heterocycles. The van der Waals surface area contributed by atoms with Crippen LogP contribution in [0.25, 0.3) is 11.3 Å². The highest BCUT2D eigenvalue weighted by atomic mass is 79.9. The Morgan fingerprint density at radius 3 is 2.68 bits per heavy atom. The van der Waals surface area contributed by atoms with E-state index in [1.165, 1.54) is 12.1 Å². The minimum atomic E-state index is -2.98. The number of alkyl halides is 2. The van der Waals surface area contributed by atoms with Crippen molar-refractivity contribution >= 4 is 22.2 Å². The summed E-state index contributed by atoms with van der Waals surface area (Å²) in [6.07, 6.45) is 0.473. The molecule has 0 spiro atoms. The van der Waals surface area contributed by atoms with Gasteiger partial charge in [-0.2, -0.15) is 13.9 Å². The summed E-state index contributed by atoms with van der Waals surface area (Å²) in [6.45, 7) is -2.98. The van der Waals surface area contributed by atoms with Crippen molar-refractivity contribution in [1.82, 2.24) is 9.78 Å². The molecule has 2 rings (SSSR count). The fraction of sp³-hybridized carbons (Fsp3) is 0.167. The van der Waals surface area contributed by atoms with Crippen LogP contribution in [0.1, 0.15) is 10.4 Å². The van der Waals surface area contributed by atoms with E-state index in [0.29, 0.717) is 22.1 Å². The van der Waals surface area contributed by atoms with Crippen molar-refractivity contribution in [2.45, 2.75) is 6.61 Å². The van der Waals surface area contributed by atoms with E-state index in [2.05, 4.69) is 25.8 Å². The summed E-state index contributed by atoms with van der Waals surface area (Å²) in [5, 5.41) is 4.10. The van der Waals surface area contributed by atoms with Gasteiger partial charge < -0.3 is 4.74 Å². The molecule has 0 bridgehead atoms. The molecule has 0 radical (unpaired) electrons. The first-order valence-electron chi connectivity index (χ1n) is 5.25. The summed E-state index contributed by atoms with van der Waals surface area (Å²) in [6, 6.07) is 6.20. The summed E-state index contributed by atoms with van der Waals surface area (Å²) in [7, 11) is 1.72. The first-order chi connectivity index (χ1) is 9.01. The second-order valence-electron chi connectivity index (χ2n) is 3.72. The molecule has 0 aliphatic carbocycles. The fourth-order valence-electron chi connectivity index (χ4n) is 1.69. The molecule has 19 heavy (non-hydrogen) atoms. The lowest BCUT2D eigenvalue weighted by Gasteiger charge is -2.09. The number of ether oxygens (including phenoxy) is 1. The van der Waals surface area contributed by atoms with Crippen LogP contribution in [0.4, 0.5) is 8.78 Å². The lowest BCUT2D eigenvalue weighted by atomic mass is 10.1. The maximum atomic E-state index is 12.3. The Morgan fingerprint density at radius 2 is 2.16 bits per heavy atom. The van der Waals surface area contributed by atoms with Crippen LogP contribution >= 0.6 is 15.9 Å². The summed E-state index contributed by atoms with van der Waals surface area (Å²) in [5.74, 6) is -0.153. The lowest BCUT2D eigenvalue weighted by Crippen LogP contribution is -2.04. The van der Waals surface area contributed by atoms with Gasteiger partial charge >= 0.3 is 6.61 Å². The average Bonchev–Trinajstić information content (AvgIpc) is 2.67. The number of aldehydes is 1. The van der Waals surface area contributed by atoms with Crippen LogP contribution < -0.4 is 4.74 Å². The smallest absolute Gasteiger partial charge is 0.387 e. The van der Waals surface area contributed by atoms with Crippen LogP contribution in [-0.2, 0) is 7.05 Å². The molecule has 4 nitrogen and oxygen atoms in total. The molecule has 0 aliphatic heterocycles. The number of nitrogens with zero attached hydrogens (tertiary/aromatic N) is 2. The normalized spacial score (nSPS) is 10.8. The van der Waals surface area contributed by atoms with E-state index in [1.54, 1.807) is 23.9 Å². The minimum absolute atomic E-state index is 0.0743. The Labute approximate surface area is 116 Å². The van der Waals surface area contributed by atoms with Crippen molar-refractivity contribution in [3.05, 3.63) is 34.4 Å². The number of hydrogen-bond acceptors (Lipinski definition) is 3. The number of carbonyl (C=O) groups is 1. The number of halogens is 3. The first kappa shape index (κ1) is 13.7. The third-order valence-electron chi connectivity index (χ3n) is 2.50. The highest BCUT2D eigenvalue weighted by molar-refractivity contribution is 9.10. The molecule has 0 saturated carbocycles. The van der Waals surface area contributed by atoms with E-state index in [-0.39, 0.29) is 11.3 Å². The van der Waals surface area contributed by atoms with Gasteiger partial charge in [-0.25, -0.2) is 0 Å². The number of benzene rings is 1. The molecule has 0 atom stereocenters. The molecule has 1 aromatic carbocycles. The number of rotatable bonds is 4. The molecule has 1 heterocycles.